The first-order chi connectivity index (χ1) is 9.24. The monoisotopic (exact) mass is 268 g/mol. The Morgan fingerprint density at radius 2 is 2.00 bits per heavy atom. The van der Waals surface area contributed by atoms with E-state index in [1.807, 2.05) is 24.5 Å². The second-order valence-electron chi connectivity index (χ2n) is 4.34. The van der Waals surface area contributed by atoms with Gasteiger partial charge in [0.05, 0.1) is 11.3 Å². The van der Waals surface area contributed by atoms with Crippen molar-refractivity contribution in [3.05, 3.63) is 59.2 Å². The molecule has 0 aromatic heterocycles. The minimum Gasteiger partial charge on any atom is -0.380 e. The molecule has 19 heavy (non-hydrogen) atoms. The molecule has 0 aliphatic carbocycles. The van der Waals surface area contributed by atoms with Crippen molar-refractivity contribution in [2.24, 2.45) is 0 Å². The van der Waals surface area contributed by atoms with E-state index in [0.29, 0.717) is 0 Å². The average Bonchev–Trinajstić information content (AvgIpc) is 2.44. The molecule has 0 spiro atoms. The van der Waals surface area contributed by atoms with Crippen molar-refractivity contribution in [3.8, 4) is 6.07 Å². The van der Waals surface area contributed by atoms with Gasteiger partial charge in [-0.15, -0.1) is 11.8 Å². The molecule has 0 radical (unpaired) electrons. The number of hydrogen-bond acceptors (Lipinski definition) is 3. The quantitative estimate of drug-likeness (QED) is 0.844. The number of rotatable bonds is 4. The van der Waals surface area contributed by atoms with Crippen LogP contribution in [0.1, 0.15) is 16.7 Å². The summed E-state index contributed by atoms with van der Waals surface area (Å²) in [6.07, 6.45) is 1.99. The molecule has 0 aliphatic rings. The third-order valence-corrected chi connectivity index (χ3v) is 3.70. The molecule has 96 valence electrons. The van der Waals surface area contributed by atoms with E-state index in [0.717, 1.165) is 22.7 Å². The fourth-order valence-electron chi connectivity index (χ4n) is 1.98. The van der Waals surface area contributed by atoms with E-state index >= 15 is 0 Å². The SMILES string of the molecule is CSc1cccc(NCc2cccc(C)c2)c1C#N. The molecule has 0 amide bonds. The Balaban J connectivity index is 2.18. The first-order valence-electron chi connectivity index (χ1n) is 6.11. The molecule has 2 rings (SSSR count). The molecule has 0 atom stereocenters. The van der Waals surface area contributed by atoms with Crippen LogP contribution in [0, 0.1) is 18.3 Å². The maximum Gasteiger partial charge on any atom is 0.102 e. The van der Waals surface area contributed by atoms with Gasteiger partial charge in [-0.2, -0.15) is 5.26 Å². The van der Waals surface area contributed by atoms with Gasteiger partial charge in [-0.1, -0.05) is 35.9 Å². The molecular weight excluding hydrogens is 252 g/mol. The highest BCUT2D eigenvalue weighted by molar-refractivity contribution is 7.98. The molecule has 0 saturated carbocycles. The highest BCUT2D eigenvalue weighted by Crippen LogP contribution is 2.26. The van der Waals surface area contributed by atoms with Crippen LogP contribution < -0.4 is 5.32 Å². The summed E-state index contributed by atoms with van der Waals surface area (Å²) < 4.78 is 0. The lowest BCUT2D eigenvalue weighted by Crippen LogP contribution is -2.02. The lowest BCUT2D eigenvalue weighted by molar-refractivity contribution is 1.13. The molecule has 2 nitrogen and oxygen atoms in total. The zero-order valence-corrected chi connectivity index (χ0v) is 11.9. The van der Waals surface area contributed by atoms with Gasteiger partial charge in [0, 0.05) is 11.4 Å². The molecule has 2 aromatic rings. The summed E-state index contributed by atoms with van der Waals surface area (Å²) in [6.45, 7) is 2.81. The van der Waals surface area contributed by atoms with Crippen LogP contribution in [0.25, 0.3) is 0 Å². The number of aryl methyl sites for hydroxylation is 1. The van der Waals surface area contributed by atoms with Crippen LogP contribution in [0.5, 0.6) is 0 Å². The average molecular weight is 268 g/mol. The fourth-order valence-corrected chi connectivity index (χ4v) is 2.56. The smallest absolute Gasteiger partial charge is 0.102 e. The standard InChI is InChI=1S/C16H16N2S/c1-12-5-3-6-13(9-12)11-18-15-7-4-8-16(19-2)14(15)10-17/h3-9,18H,11H2,1-2H3. The summed E-state index contributed by atoms with van der Waals surface area (Å²) in [5.74, 6) is 0. The van der Waals surface area contributed by atoms with Crippen molar-refractivity contribution in [1.82, 2.24) is 0 Å². The van der Waals surface area contributed by atoms with E-state index in [2.05, 4.69) is 42.6 Å². The number of benzene rings is 2. The van der Waals surface area contributed by atoms with E-state index in [1.165, 1.54) is 11.1 Å². The molecular formula is C16H16N2S. The zero-order chi connectivity index (χ0) is 13.7. The molecule has 2 aromatic carbocycles. The Kier molecular flexibility index (Phi) is 4.48. The first-order valence-corrected chi connectivity index (χ1v) is 7.33. The van der Waals surface area contributed by atoms with Gasteiger partial charge in [0.1, 0.15) is 6.07 Å². The number of hydrogen-bond donors (Lipinski definition) is 1. The lowest BCUT2D eigenvalue weighted by atomic mass is 10.1. The summed E-state index contributed by atoms with van der Waals surface area (Å²) in [5, 5.41) is 12.6. The van der Waals surface area contributed by atoms with Crippen molar-refractivity contribution in [1.29, 1.82) is 5.26 Å². The highest BCUT2D eigenvalue weighted by atomic mass is 32.2. The Morgan fingerprint density at radius 1 is 1.21 bits per heavy atom. The maximum absolute atomic E-state index is 9.27. The van der Waals surface area contributed by atoms with Crippen molar-refractivity contribution in [3.63, 3.8) is 0 Å². The first kappa shape index (κ1) is 13.5. The van der Waals surface area contributed by atoms with Crippen LogP contribution in [0.3, 0.4) is 0 Å². The molecule has 0 bridgehead atoms. The summed E-state index contributed by atoms with van der Waals surface area (Å²) in [4.78, 5) is 1.01. The Labute approximate surface area is 118 Å². The molecule has 3 heteroatoms. The third kappa shape index (κ3) is 3.30. The predicted molar refractivity (Wildman–Crippen MR) is 81.4 cm³/mol. The van der Waals surface area contributed by atoms with Crippen LogP contribution >= 0.6 is 11.8 Å². The number of nitrogens with one attached hydrogen (secondary N) is 1. The Hall–Kier alpha value is -1.92. The van der Waals surface area contributed by atoms with Gasteiger partial charge in [-0.05, 0) is 30.9 Å². The summed E-state index contributed by atoms with van der Waals surface area (Å²) in [5.41, 5.74) is 4.09. The topological polar surface area (TPSA) is 35.8 Å². The lowest BCUT2D eigenvalue weighted by Gasteiger charge is -2.11. The molecule has 0 fully saturated rings. The summed E-state index contributed by atoms with van der Waals surface area (Å²) in [7, 11) is 0. The normalized spacial score (nSPS) is 9.95. The van der Waals surface area contributed by atoms with Crippen molar-refractivity contribution in [2.45, 2.75) is 18.4 Å². The van der Waals surface area contributed by atoms with E-state index in [1.54, 1.807) is 11.8 Å². The van der Waals surface area contributed by atoms with Gasteiger partial charge < -0.3 is 5.32 Å². The number of nitriles is 1. The van der Waals surface area contributed by atoms with Gasteiger partial charge >= 0.3 is 0 Å². The van der Waals surface area contributed by atoms with E-state index < -0.39 is 0 Å². The minimum atomic E-state index is 0.725. The number of thioether (sulfide) groups is 1. The van der Waals surface area contributed by atoms with Gasteiger partial charge in [-0.3, -0.25) is 0 Å². The third-order valence-electron chi connectivity index (χ3n) is 2.92. The predicted octanol–water partition coefficient (Wildman–Crippen LogP) is 4.20. The minimum absolute atomic E-state index is 0.725. The van der Waals surface area contributed by atoms with E-state index in [4.69, 9.17) is 0 Å². The number of nitrogens with zero attached hydrogens (tertiary/aromatic N) is 1. The van der Waals surface area contributed by atoms with Gasteiger partial charge in [0.15, 0.2) is 0 Å². The highest BCUT2D eigenvalue weighted by Gasteiger charge is 2.06. The molecule has 0 unspecified atom stereocenters. The van der Waals surface area contributed by atoms with E-state index in [-0.39, 0.29) is 0 Å². The second kappa shape index (κ2) is 6.31. The van der Waals surface area contributed by atoms with Crippen LogP contribution in [0.15, 0.2) is 47.4 Å². The largest absolute Gasteiger partial charge is 0.380 e. The van der Waals surface area contributed by atoms with Crippen LogP contribution in [0.4, 0.5) is 5.69 Å². The van der Waals surface area contributed by atoms with Gasteiger partial charge in [0.2, 0.25) is 0 Å². The van der Waals surface area contributed by atoms with Crippen LogP contribution in [-0.4, -0.2) is 6.26 Å². The van der Waals surface area contributed by atoms with Crippen LogP contribution in [0.2, 0.25) is 0 Å². The van der Waals surface area contributed by atoms with Crippen molar-refractivity contribution in [2.75, 3.05) is 11.6 Å². The second-order valence-corrected chi connectivity index (χ2v) is 5.19. The maximum atomic E-state index is 9.27. The Morgan fingerprint density at radius 3 is 2.68 bits per heavy atom. The van der Waals surface area contributed by atoms with Crippen molar-refractivity contribution >= 4 is 17.4 Å². The zero-order valence-electron chi connectivity index (χ0n) is 11.1. The summed E-state index contributed by atoms with van der Waals surface area (Å²) >= 11 is 1.60. The number of anilines is 1. The molecule has 0 aliphatic heterocycles. The van der Waals surface area contributed by atoms with Crippen molar-refractivity contribution < 1.29 is 0 Å². The fraction of sp³-hybridized carbons (Fsp3) is 0.188. The Bertz CT molecular complexity index is 614. The summed E-state index contributed by atoms with van der Waals surface area (Å²) in [6, 6.07) is 16.6. The molecule has 1 N–H and O–H groups in total. The molecule has 0 heterocycles. The van der Waals surface area contributed by atoms with Gasteiger partial charge in [-0.25, -0.2) is 0 Å². The van der Waals surface area contributed by atoms with Gasteiger partial charge in [0.25, 0.3) is 0 Å². The van der Waals surface area contributed by atoms with Crippen LogP contribution in [-0.2, 0) is 6.54 Å². The molecule has 0 saturated heterocycles. The van der Waals surface area contributed by atoms with E-state index in [9.17, 15) is 5.26 Å².